The second kappa shape index (κ2) is 4.03. The predicted molar refractivity (Wildman–Crippen MR) is 67.1 cm³/mol. The molecule has 0 saturated carbocycles. The number of aromatic nitrogens is 1. The van der Waals surface area contributed by atoms with Crippen LogP contribution < -0.4 is 0 Å². The van der Waals surface area contributed by atoms with Crippen molar-refractivity contribution in [2.75, 3.05) is 14.1 Å². The van der Waals surface area contributed by atoms with Crippen molar-refractivity contribution in [3.05, 3.63) is 27.0 Å². The lowest BCUT2D eigenvalue weighted by Gasteiger charge is -2.11. The van der Waals surface area contributed by atoms with Gasteiger partial charge in [0.15, 0.2) is 5.58 Å². The number of rotatable bonds is 1. The second-order valence-corrected chi connectivity index (χ2v) is 4.68. The molecule has 0 unspecified atom stereocenters. The largest absolute Gasteiger partial charge is 0.428 e. The minimum absolute atomic E-state index is 0.0870. The number of nitrogens with one attached hydrogen (secondary N) is 1. The molecule has 0 radical (unpaired) electrons. The van der Waals surface area contributed by atoms with Gasteiger partial charge in [-0.15, -0.1) is 0 Å². The predicted octanol–water partition coefficient (Wildman–Crippen LogP) is 2.95. The van der Waals surface area contributed by atoms with E-state index in [1.807, 2.05) is 0 Å². The fraction of sp³-hybridized carbons (Fsp3) is 0.200. The molecule has 1 N–H and O–H groups in total. The number of nitrogens with zero attached hydrogens (tertiary/aromatic N) is 1. The van der Waals surface area contributed by atoms with E-state index in [-0.39, 0.29) is 5.91 Å². The highest BCUT2D eigenvalue weighted by atomic mass is 79.9. The van der Waals surface area contributed by atoms with E-state index < -0.39 is 0 Å². The van der Waals surface area contributed by atoms with Gasteiger partial charge >= 0.3 is 0 Å². The van der Waals surface area contributed by atoms with Gasteiger partial charge in [0.05, 0.1) is 15.6 Å². The Balaban J connectivity index is 2.69. The Kier molecular flexibility index (Phi) is 2.86. The number of hydrogen-bond acceptors (Lipinski definition) is 3. The maximum absolute atomic E-state index is 11.8. The lowest BCUT2D eigenvalue weighted by atomic mass is 10.2. The highest BCUT2D eigenvalue weighted by Gasteiger charge is 2.16. The zero-order chi connectivity index (χ0) is 11.9. The van der Waals surface area contributed by atoms with Crippen molar-refractivity contribution in [1.29, 1.82) is 0 Å². The van der Waals surface area contributed by atoms with E-state index in [1.165, 1.54) is 4.90 Å². The Morgan fingerprint density at radius 2 is 2.19 bits per heavy atom. The monoisotopic (exact) mass is 300 g/mol. The lowest BCUT2D eigenvalue weighted by molar-refractivity contribution is 0.0827. The Hall–Kier alpha value is -1.14. The molecule has 1 heterocycles. The number of aromatic amines is 1. The summed E-state index contributed by atoms with van der Waals surface area (Å²) in [7, 11) is 3.40. The molecule has 0 bridgehead atoms. The molecule has 1 aromatic carbocycles. The molecule has 6 heteroatoms. The molecule has 1 aromatic heterocycles. The number of carbonyl (C=O) groups is 1. The lowest BCUT2D eigenvalue weighted by Crippen LogP contribution is -2.22. The molecule has 2 rings (SSSR count). The Labute approximate surface area is 105 Å². The Bertz CT molecular complexity index is 615. The summed E-state index contributed by atoms with van der Waals surface area (Å²) in [5, 5.41) is 0. The standard InChI is InChI=1S/C10H9BrN2O2S/c1-13(2)9(14)5-3-4-6-8(7(5)11)15-10(16)12-6/h3-4H,1-2H3,(H,12,16). The summed E-state index contributed by atoms with van der Waals surface area (Å²) in [5.41, 5.74) is 1.89. The van der Waals surface area contributed by atoms with Crippen LogP contribution in [0.5, 0.6) is 0 Å². The average Bonchev–Trinajstić information content (AvgIpc) is 2.59. The summed E-state index contributed by atoms with van der Waals surface area (Å²) in [6.07, 6.45) is 0. The van der Waals surface area contributed by atoms with E-state index in [0.29, 0.717) is 20.5 Å². The van der Waals surface area contributed by atoms with Crippen LogP contribution in [0.2, 0.25) is 0 Å². The number of hydrogen-bond donors (Lipinski definition) is 1. The number of halogens is 1. The summed E-state index contributed by atoms with van der Waals surface area (Å²) in [6.45, 7) is 0. The van der Waals surface area contributed by atoms with E-state index in [2.05, 4.69) is 20.9 Å². The van der Waals surface area contributed by atoms with Crippen LogP contribution >= 0.6 is 28.1 Å². The molecule has 2 aromatic rings. The molecular formula is C10H9BrN2O2S. The SMILES string of the molecule is CN(C)C(=O)c1ccc2[nH]c(=S)oc2c1Br. The van der Waals surface area contributed by atoms with Crippen LogP contribution in [-0.4, -0.2) is 29.9 Å². The minimum Gasteiger partial charge on any atom is -0.428 e. The number of carbonyl (C=O) groups excluding carboxylic acids is 1. The zero-order valence-corrected chi connectivity index (χ0v) is 11.1. The number of fused-ring (bicyclic) bond motifs is 1. The first-order valence-electron chi connectivity index (χ1n) is 4.53. The van der Waals surface area contributed by atoms with Crippen molar-refractivity contribution in [2.24, 2.45) is 0 Å². The first kappa shape index (κ1) is 11.3. The van der Waals surface area contributed by atoms with Gasteiger partial charge in [0.2, 0.25) is 0 Å². The molecule has 0 spiro atoms. The number of amides is 1. The number of benzene rings is 1. The second-order valence-electron chi connectivity index (χ2n) is 3.52. The van der Waals surface area contributed by atoms with Crippen LogP contribution in [0.1, 0.15) is 10.4 Å². The van der Waals surface area contributed by atoms with E-state index in [1.54, 1.807) is 26.2 Å². The highest BCUT2D eigenvalue weighted by molar-refractivity contribution is 9.10. The molecule has 4 nitrogen and oxygen atoms in total. The molecule has 0 aliphatic heterocycles. The molecular weight excluding hydrogens is 292 g/mol. The van der Waals surface area contributed by atoms with E-state index in [4.69, 9.17) is 16.6 Å². The van der Waals surface area contributed by atoms with Gasteiger partial charge in [-0.05, 0) is 40.3 Å². The van der Waals surface area contributed by atoms with Crippen molar-refractivity contribution < 1.29 is 9.21 Å². The van der Waals surface area contributed by atoms with Gasteiger partial charge in [0.25, 0.3) is 10.7 Å². The molecule has 0 fully saturated rings. The highest BCUT2D eigenvalue weighted by Crippen LogP contribution is 2.28. The minimum atomic E-state index is -0.0870. The fourth-order valence-electron chi connectivity index (χ4n) is 1.39. The van der Waals surface area contributed by atoms with Crippen molar-refractivity contribution in [1.82, 2.24) is 9.88 Å². The Morgan fingerprint density at radius 3 is 2.81 bits per heavy atom. The van der Waals surface area contributed by atoms with Crippen LogP contribution in [0.3, 0.4) is 0 Å². The first-order chi connectivity index (χ1) is 7.50. The van der Waals surface area contributed by atoms with Crippen LogP contribution in [0.25, 0.3) is 11.1 Å². The quantitative estimate of drug-likeness (QED) is 0.824. The van der Waals surface area contributed by atoms with Crippen LogP contribution in [0.4, 0.5) is 0 Å². The molecule has 0 aliphatic rings. The molecule has 0 aliphatic carbocycles. The fourth-order valence-corrected chi connectivity index (χ4v) is 2.18. The maximum Gasteiger partial charge on any atom is 0.266 e. The van der Waals surface area contributed by atoms with Gasteiger partial charge in [-0.25, -0.2) is 0 Å². The van der Waals surface area contributed by atoms with Gasteiger partial charge in [-0.1, -0.05) is 0 Å². The third kappa shape index (κ3) is 1.78. The maximum atomic E-state index is 11.8. The Morgan fingerprint density at radius 1 is 1.50 bits per heavy atom. The van der Waals surface area contributed by atoms with E-state index in [0.717, 1.165) is 5.52 Å². The summed E-state index contributed by atoms with van der Waals surface area (Å²) in [6, 6.07) is 3.51. The average molecular weight is 301 g/mol. The molecule has 84 valence electrons. The van der Waals surface area contributed by atoms with Crippen molar-refractivity contribution >= 4 is 45.2 Å². The van der Waals surface area contributed by atoms with Crippen LogP contribution in [-0.2, 0) is 0 Å². The first-order valence-corrected chi connectivity index (χ1v) is 5.74. The van der Waals surface area contributed by atoms with Crippen LogP contribution in [0, 0.1) is 4.84 Å². The van der Waals surface area contributed by atoms with Crippen molar-refractivity contribution in [3.63, 3.8) is 0 Å². The molecule has 1 amide bonds. The summed E-state index contributed by atoms with van der Waals surface area (Å²) < 4.78 is 5.93. The van der Waals surface area contributed by atoms with Gasteiger partial charge in [-0.3, -0.25) is 4.79 Å². The summed E-state index contributed by atoms with van der Waals surface area (Å²) >= 11 is 8.25. The van der Waals surface area contributed by atoms with E-state index >= 15 is 0 Å². The van der Waals surface area contributed by atoms with Gasteiger partial charge in [0.1, 0.15) is 0 Å². The van der Waals surface area contributed by atoms with Gasteiger partial charge in [0, 0.05) is 14.1 Å². The smallest absolute Gasteiger partial charge is 0.266 e. The van der Waals surface area contributed by atoms with Crippen LogP contribution in [0.15, 0.2) is 21.0 Å². The summed E-state index contributed by atoms with van der Waals surface area (Å²) in [5.74, 6) is -0.0870. The molecule has 16 heavy (non-hydrogen) atoms. The van der Waals surface area contributed by atoms with Gasteiger partial charge in [-0.2, -0.15) is 0 Å². The van der Waals surface area contributed by atoms with E-state index in [9.17, 15) is 4.79 Å². The third-order valence-electron chi connectivity index (χ3n) is 2.17. The zero-order valence-electron chi connectivity index (χ0n) is 8.70. The number of oxazole rings is 1. The van der Waals surface area contributed by atoms with Crippen molar-refractivity contribution in [3.8, 4) is 0 Å². The number of H-pyrrole nitrogens is 1. The normalized spacial score (nSPS) is 10.7. The molecule has 0 saturated heterocycles. The summed E-state index contributed by atoms with van der Waals surface area (Å²) in [4.78, 5) is 16.5. The van der Waals surface area contributed by atoms with Crippen molar-refractivity contribution in [2.45, 2.75) is 0 Å². The topological polar surface area (TPSA) is 49.2 Å². The third-order valence-corrected chi connectivity index (χ3v) is 3.14. The van der Waals surface area contributed by atoms with Gasteiger partial charge < -0.3 is 14.3 Å². The molecule has 0 atom stereocenters.